The molecule has 0 aromatic carbocycles. The molecule has 0 heterocycles. The molecular formula is C20H25FO2. The molecule has 0 aromatic rings. The van der Waals surface area contributed by atoms with Crippen LogP contribution in [0.1, 0.15) is 46.0 Å². The maximum absolute atomic E-state index is 13.6. The van der Waals surface area contributed by atoms with Gasteiger partial charge in [-0.15, -0.1) is 0 Å². The van der Waals surface area contributed by atoms with Crippen LogP contribution in [-0.2, 0) is 4.79 Å². The van der Waals surface area contributed by atoms with Gasteiger partial charge in [-0.1, -0.05) is 19.9 Å². The predicted octanol–water partition coefficient (Wildman–Crippen LogP) is 4.12. The van der Waals surface area contributed by atoms with Crippen LogP contribution in [0.4, 0.5) is 4.39 Å². The molecule has 23 heavy (non-hydrogen) atoms. The first kappa shape index (κ1) is 15.3. The number of hydrogen-bond acceptors (Lipinski definition) is 2. The van der Waals surface area contributed by atoms with Crippen molar-refractivity contribution in [3.05, 3.63) is 35.7 Å². The van der Waals surface area contributed by atoms with Crippen LogP contribution in [-0.4, -0.2) is 17.0 Å². The lowest BCUT2D eigenvalue weighted by Crippen LogP contribution is -2.50. The third kappa shape index (κ3) is 1.92. The minimum absolute atomic E-state index is 0.0195. The van der Waals surface area contributed by atoms with Crippen LogP contribution in [0.2, 0.25) is 0 Å². The molecule has 2 nitrogen and oxygen atoms in total. The SMILES string of the molecule is C[C@]12C=CC(=O)C=C1C(=CF)C[C@@H]1[C@@H]2CC[C@]2(C)C(O)CC[C@@H]12. The highest BCUT2D eigenvalue weighted by Crippen LogP contribution is 2.65. The van der Waals surface area contributed by atoms with Crippen molar-refractivity contribution in [2.75, 3.05) is 0 Å². The third-order valence-electron chi connectivity index (χ3n) is 7.55. The lowest BCUT2D eigenvalue weighted by atomic mass is 9.47. The fourth-order valence-electron chi connectivity index (χ4n) is 6.21. The van der Waals surface area contributed by atoms with Crippen molar-refractivity contribution in [1.82, 2.24) is 0 Å². The number of carbonyl (C=O) groups excluding carboxylic acids is 1. The normalized spacial score (nSPS) is 50.3. The number of aliphatic hydroxyl groups is 1. The average Bonchev–Trinajstić information content (AvgIpc) is 2.83. The van der Waals surface area contributed by atoms with E-state index in [1.54, 1.807) is 12.2 Å². The summed E-state index contributed by atoms with van der Waals surface area (Å²) in [5.41, 5.74) is 1.31. The fourth-order valence-corrected chi connectivity index (χ4v) is 6.21. The summed E-state index contributed by atoms with van der Waals surface area (Å²) >= 11 is 0. The molecule has 0 bridgehead atoms. The number of ketones is 1. The first-order valence-corrected chi connectivity index (χ1v) is 8.83. The van der Waals surface area contributed by atoms with E-state index in [2.05, 4.69) is 13.8 Å². The molecule has 0 radical (unpaired) electrons. The molecule has 1 unspecified atom stereocenters. The Morgan fingerprint density at radius 2 is 2.04 bits per heavy atom. The number of fused-ring (bicyclic) bond motifs is 5. The van der Waals surface area contributed by atoms with Crippen LogP contribution in [0.5, 0.6) is 0 Å². The fraction of sp³-hybridized carbons (Fsp3) is 0.650. The summed E-state index contributed by atoms with van der Waals surface area (Å²) in [5, 5.41) is 10.5. The quantitative estimate of drug-likeness (QED) is 0.730. The van der Waals surface area contributed by atoms with Gasteiger partial charge in [0.25, 0.3) is 0 Å². The van der Waals surface area contributed by atoms with E-state index in [9.17, 15) is 14.3 Å². The van der Waals surface area contributed by atoms with Crippen LogP contribution in [0, 0.1) is 28.6 Å². The molecule has 1 N–H and O–H groups in total. The van der Waals surface area contributed by atoms with Crippen molar-refractivity contribution in [3.8, 4) is 0 Å². The van der Waals surface area contributed by atoms with E-state index in [0.29, 0.717) is 36.1 Å². The molecule has 124 valence electrons. The second-order valence-corrected chi connectivity index (χ2v) is 8.43. The van der Waals surface area contributed by atoms with Crippen LogP contribution >= 0.6 is 0 Å². The van der Waals surface area contributed by atoms with Gasteiger partial charge in [0.05, 0.1) is 12.4 Å². The summed E-state index contributed by atoms with van der Waals surface area (Å²) in [6, 6.07) is 0. The Labute approximate surface area is 137 Å². The zero-order chi connectivity index (χ0) is 16.4. The molecule has 6 atom stereocenters. The third-order valence-corrected chi connectivity index (χ3v) is 7.55. The number of carbonyl (C=O) groups is 1. The summed E-state index contributed by atoms with van der Waals surface area (Å²) in [7, 11) is 0. The van der Waals surface area contributed by atoms with Crippen molar-refractivity contribution in [2.45, 2.75) is 52.1 Å². The lowest BCUT2D eigenvalue weighted by molar-refractivity contribution is -0.111. The number of allylic oxidation sites excluding steroid dienone is 5. The minimum Gasteiger partial charge on any atom is -0.393 e. The molecule has 0 amide bonds. The number of aliphatic hydroxyl groups excluding tert-OH is 1. The summed E-state index contributed by atoms with van der Waals surface area (Å²) in [5.74, 6) is 1.25. The molecule has 0 spiro atoms. The van der Waals surface area contributed by atoms with Gasteiger partial charge in [0, 0.05) is 5.41 Å². The van der Waals surface area contributed by atoms with Gasteiger partial charge in [0.2, 0.25) is 0 Å². The van der Waals surface area contributed by atoms with E-state index in [4.69, 9.17) is 0 Å². The van der Waals surface area contributed by atoms with E-state index in [1.807, 2.05) is 6.08 Å². The second kappa shape index (κ2) is 4.89. The molecule has 4 aliphatic carbocycles. The highest BCUT2D eigenvalue weighted by molar-refractivity contribution is 6.01. The smallest absolute Gasteiger partial charge is 0.178 e. The highest BCUT2D eigenvalue weighted by Gasteiger charge is 2.59. The van der Waals surface area contributed by atoms with Crippen molar-refractivity contribution in [1.29, 1.82) is 0 Å². The topological polar surface area (TPSA) is 37.3 Å². The lowest BCUT2D eigenvalue weighted by Gasteiger charge is -2.56. The van der Waals surface area contributed by atoms with Gasteiger partial charge < -0.3 is 5.11 Å². The number of halogens is 1. The summed E-state index contributed by atoms with van der Waals surface area (Å²) in [6.07, 6.45) is 10.5. The van der Waals surface area contributed by atoms with Crippen molar-refractivity contribution in [2.24, 2.45) is 28.6 Å². The van der Waals surface area contributed by atoms with Gasteiger partial charge in [0.15, 0.2) is 5.78 Å². The van der Waals surface area contributed by atoms with Crippen molar-refractivity contribution < 1.29 is 14.3 Å². The van der Waals surface area contributed by atoms with Crippen LogP contribution in [0.3, 0.4) is 0 Å². The summed E-state index contributed by atoms with van der Waals surface area (Å²) < 4.78 is 13.6. The second-order valence-electron chi connectivity index (χ2n) is 8.43. The Morgan fingerprint density at radius 1 is 1.26 bits per heavy atom. The van der Waals surface area contributed by atoms with E-state index < -0.39 is 0 Å². The average molecular weight is 316 g/mol. The van der Waals surface area contributed by atoms with Crippen LogP contribution in [0.15, 0.2) is 35.7 Å². The van der Waals surface area contributed by atoms with Crippen LogP contribution < -0.4 is 0 Å². The first-order chi connectivity index (χ1) is 10.9. The zero-order valence-electron chi connectivity index (χ0n) is 13.9. The molecular weight excluding hydrogens is 291 g/mol. The molecule has 4 aliphatic rings. The molecule has 0 saturated heterocycles. The Balaban J connectivity index is 1.79. The van der Waals surface area contributed by atoms with Gasteiger partial charge in [-0.05, 0) is 78.6 Å². The molecule has 3 fully saturated rings. The van der Waals surface area contributed by atoms with Gasteiger partial charge >= 0.3 is 0 Å². The Kier molecular flexibility index (Phi) is 3.26. The standard InChI is InChI=1S/C20H25FO2/c1-19-7-5-13(22)10-17(19)12(11-21)9-14-15-3-4-18(23)20(15,2)8-6-16(14)19/h5,7,10-11,14-16,18,23H,3-4,6,8-9H2,1-2H3/t14-,15-,16-,18?,19+,20-/m0/s1. The van der Waals surface area contributed by atoms with Gasteiger partial charge in [-0.3, -0.25) is 4.79 Å². The van der Waals surface area contributed by atoms with Gasteiger partial charge in [-0.25, -0.2) is 4.39 Å². The van der Waals surface area contributed by atoms with Gasteiger partial charge in [-0.2, -0.15) is 0 Å². The minimum atomic E-state index is -0.246. The van der Waals surface area contributed by atoms with Crippen molar-refractivity contribution >= 4 is 5.78 Å². The Bertz CT molecular complexity index is 646. The zero-order valence-corrected chi connectivity index (χ0v) is 13.9. The van der Waals surface area contributed by atoms with E-state index in [0.717, 1.165) is 31.3 Å². The number of hydrogen-bond donors (Lipinski definition) is 1. The van der Waals surface area contributed by atoms with Crippen molar-refractivity contribution in [3.63, 3.8) is 0 Å². The molecule has 3 saturated carbocycles. The van der Waals surface area contributed by atoms with Crippen LogP contribution in [0.25, 0.3) is 0 Å². The van der Waals surface area contributed by atoms with Gasteiger partial charge in [0.1, 0.15) is 0 Å². The Morgan fingerprint density at radius 3 is 2.78 bits per heavy atom. The number of rotatable bonds is 0. The molecule has 4 rings (SSSR count). The highest BCUT2D eigenvalue weighted by atomic mass is 19.1. The molecule has 0 aromatic heterocycles. The Hall–Kier alpha value is -1.22. The maximum Gasteiger partial charge on any atom is 0.178 e. The monoisotopic (exact) mass is 316 g/mol. The largest absolute Gasteiger partial charge is 0.393 e. The molecule has 0 aliphatic heterocycles. The molecule has 3 heteroatoms. The van der Waals surface area contributed by atoms with E-state index in [1.165, 1.54) is 0 Å². The maximum atomic E-state index is 13.6. The summed E-state index contributed by atoms with van der Waals surface area (Å²) in [6.45, 7) is 4.38. The van der Waals surface area contributed by atoms with E-state index in [-0.39, 0.29) is 22.7 Å². The van der Waals surface area contributed by atoms with E-state index >= 15 is 0 Å². The first-order valence-electron chi connectivity index (χ1n) is 8.83. The summed E-state index contributed by atoms with van der Waals surface area (Å²) in [4.78, 5) is 11.8. The predicted molar refractivity (Wildman–Crippen MR) is 87.2 cm³/mol.